The summed E-state index contributed by atoms with van der Waals surface area (Å²) in [5, 5.41) is 24.8. The van der Waals surface area contributed by atoms with Gasteiger partial charge in [-0.2, -0.15) is 0 Å². The first-order valence-electron chi connectivity index (χ1n) is 16.6. The molecule has 0 aromatic heterocycles. The number of nitrogens with zero attached hydrogens (tertiary/aromatic N) is 2. The monoisotopic (exact) mass is 678 g/mol. The number of urea groups is 1. The Bertz CT molecular complexity index is 1550. The van der Waals surface area contributed by atoms with E-state index in [1.54, 1.807) is 54.3 Å². The molecule has 3 aromatic carbocycles. The number of aliphatic hydroxyl groups is 1. The molecular weight excluding hydrogens is 631 g/mol. The van der Waals surface area contributed by atoms with E-state index in [0.717, 1.165) is 24.8 Å². The first-order valence-corrected chi connectivity index (χ1v) is 16.6. The number of halogens is 1. The Hall–Kier alpha value is -4.52. The van der Waals surface area contributed by atoms with Gasteiger partial charge in [0.2, 0.25) is 0 Å². The molecule has 264 valence electrons. The predicted octanol–water partition coefficient (Wildman–Crippen LogP) is 6.10. The number of nitrogens with one attached hydrogen (secondary N) is 2. The number of carboxylic acids is 1. The van der Waals surface area contributed by atoms with Crippen LogP contribution in [-0.4, -0.2) is 89.5 Å². The number of hydrogen-bond donors (Lipinski definition) is 4. The number of ether oxygens (including phenoxy) is 2. The summed E-state index contributed by atoms with van der Waals surface area (Å²) in [6.07, 6.45) is 1.97. The minimum atomic E-state index is -0.971. The number of carboxylic acid groups (broad SMARTS) is 1. The summed E-state index contributed by atoms with van der Waals surface area (Å²) in [6.45, 7) is 7.44. The van der Waals surface area contributed by atoms with Crippen LogP contribution in [0.5, 0.6) is 5.75 Å². The number of anilines is 2. The second kappa shape index (κ2) is 17.8. The number of benzene rings is 3. The van der Waals surface area contributed by atoms with Crippen LogP contribution in [0.1, 0.15) is 66.3 Å². The maximum absolute atomic E-state index is 14.3. The van der Waals surface area contributed by atoms with Crippen LogP contribution in [0, 0.1) is 11.7 Å². The van der Waals surface area contributed by atoms with E-state index in [9.17, 15) is 29.0 Å². The number of fused-ring (bicyclic) bond motifs is 1. The molecule has 4 rings (SSSR count). The molecule has 49 heavy (non-hydrogen) atoms. The minimum Gasteiger partial charge on any atom is -0.490 e. The van der Waals surface area contributed by atoms with Crippen molar-refractivity contribution < 1.29 is 38.5 Å². The van der Waals surface area contributed by atoms with Crippen molar-refractivity contribution in [3.8, 4) is 5.75 Å². The maximum atomic E-state index is 14.3. The Morgan fingerprint density at radius 2 is 1.69 bits per heavy atom. The van der Waals surface area contributed by atoms with Crippen LogP contribution >= 0.6 is 0 Å². The van der Waals surface area contributed by atoms with Crippen molar-refractivity contribution in [2.24, 2.45) is 5.92 Å². The van der Waals surface area contributed by atoms with Gasteiger partial charge >= 0.3 is 12.0 Å². The van der Waals surface area contributed by atoms with Gasteiger partial charge in [0.05, 0.1) is 36.0 Å². The number of aromatic carboxylic acids is 1. The molecule has 0 saturated heterocycles. The predicted molar refractivity (Wildman–Crippen MR) is 186 cm³/mol. The Morgan fingerprint density at radius 3 is 2.37 bits per heavy atom. The number of likely N-dealkylation sites (N-methyl/N-ethyl adjacent to an activating group) is 1. The van der Waals surface area contributed by atoms with Gasteiger partial charge < -0.3 is 35.2 Å². The van der Waals surface area contributed by atoms with Crippen LogP contribution in [0.15, 0.2) is 66.7 Å². The lowest BCUT2D eigenvalue weighted by Crippen LogP contribution is -2.47. The Kier molecular flexibility index (Phi) is 13.5. The normalized spacial score (nSPS) is 19.7. The maximum Gasteiger partial charge on any atom is 0.335 e. The summed E-state index contributed by atoms with van der Waals surface area (Å²) in [6, 6.07) is 16.0. The van der Waals surface area contributed by atoms with Gasteiger partial charge in [0, 0.05) is 43.5 Å². The summed E-state index contributed by atoms with van der Waals surface area (Å²) < 4.78 is 26.0. The highest BCUT2D eigenvalue weighted by molar-refractivity contribution is 6.02. The number of rotatable bonds is 9. The van der Waals surface area contributed by atoms with E-state index in [0.29, 0.717) is 36.8 Å². The van der Waals surface area contributed by atoms with Crippen LogP contribution in [0.4, 0.5) is 20.6 Å². The van der Waals surface area contributed by atoms with Crippen LogP contribution in [-0.2, 0) is 11.3 Å². The molecule has 0 radical (unpaired) electrons. The van der Waals surface area contributed by atoms with Crippen LogP contribution in [0.3, 0.4) is 0 Å². The first-order chi connectivity index (χ1) is 23.4. The third-order valence-corrected chi connectivity index (χ3v) is 8.56. The average Bonchev–Trinajstić information content (AvgIpc) is 3.07. The van der Waals surface area contributed by atoms with Crippen LogP contribution in [0.25, 0.3) is 0 Å². The molecule has 0 fully saturated rings. The number of carbonyl (C=O) groups is 3. The van der Waals surface area contributed by atoms with Gasteiger partial charge in [-0.05, 0) is 100 Å². The van der Waals surface area contributed by atoms with E-state index in [1.165, 1.54) is 24.3 Å². The highest BCUT2D eigenvalue weighted by atomic mass is 19.1. The number of hydrogen-bond acceptors (Lipinski definition) is 7. The third kappa shape index (κ3) is 11.0. The lowest BCUT2D eigenvalue weighted by molar-refractivity contribution is -0.0177. The molecule has 0 unspecified atom stereocenters. The van der Waals surface area contributed by atoms with Crippen molar-refractivity contribution in [1.82, 2.24) is 9.80 Å². The molecule has 1 aliphatic heterocycles. The highest BCUT2D eigenvalue weighted by Crippen LogP contribution is 2.29. The molecule has 3 aromatic rings. The fraction of sp³-hybridized carbons (Fsp3) is 0.432. The van der Waals surface area contributed by atoms with E-state index < -0.39 is 23.9 Å². The van der Waals surface area contributed by atoms with Crippen LogP contribution in [0.2, 0.25) is 0 Å². The Balaban J connectivity index is 1.56. The van der Waals surface area contributed by atoms with Gasteiger partial charge in [0.15, 0.2) is 0 Å². The summed E-state index contributed by atoms with van der Waals surface area (Å²) >= 11 is 0. The zero-order valence-corrected chi connectivity index (χ0v) is 28.5. The molecular formula is C37H47FN4O7. The molecule has 0 saturated carbocycles. The molecule has 11 nitrogen and oxygen atoms in total. The standard InChI is InChI=1S/C37H47FN4O7/c1-24-20-42(25(2)23-43)35(44)32-19-31(40-37(47)39-30-14-12-29(38)13-15-30)16-17-33(32)49-26(3)7-5-6-18-48-34(24)22-41(4)21-27-8-10-28(11-9-27)36(45)46/h8-17,19,24-26,34,43H,5-7,18,20-23H2,1-4H3,(H,45,46)(H2,39,40,47)/t24-,25-,26-,34+/m1/s1. The minimum absolute atomic E-state index is 0.135. The quantitative estimate of drug-likeness (QED) is 0.213. The number of aliphatic hydroxyl groups excluding tert-OH is 1. The second-order valence-corrected chi connectivity index (χ2v) is 12.8. The van der Waals surface area contributed by atoms with E-state index in [1.807, 2.05) is 20.9 Å². The Labute approximate surface area is 287 Å². The van der Waals surface area contributed by atoms with E-state index in [2.05, 4.69) is 15.5 Å². The smallest absolute Gasteiger partial charge is 0.335 e. The van der Waals surface area contributed by atoms with Crippen molar-refractivity contribution in [3.63, 3.8) is 0 Å². The molecule has 3 amide bonds. The summed E-state index contributed by atoms with van der Waals surface area (Å²) in [5.41, 5.74) is 2.20. The molecule has 1 heterocycles. The molecule has 1 aliphatic rings. The average molecular weight is 679 g/mol. The van der Waals surface area contributed by atoms with Gasteiger partial charge in [-0.3, -0.25) is 9.69 Å². The van der Waals surface area contributed by atoms with Gasteiger partial charge in [-0.25, -0.2) is 14.0 Å². The highest BCUT2D eigenvalue weighted by Gasteiger charge is 2.30. The largest absolute Gasteiger partial charge is 0.490 e. The van der Waals surface area contributed by atoms with Gasteiger partial charge in [-0.1, -0.05) is 19.1 Å². The molecule has 4 atom stereocenters. The zero-order valence-electron chi connectivity index (χ0n) is 28.5. The Morgan fingerprint density at radius 1 is 1.02 bits per heavy atom. The van der Waals surface area contributed by atoms with Crippen LogP contribution < -0.4 is 15.4 Å². The van der Waals surface area contributed by atoms with Gasteiger partial charge in [-0.15, -0.1) is 0 Å². The van der Waals surface area contributed by atoms with E-state index in [-0.39, 0.29) is 48.3 Å². The summed E-state index contributed by atoms with van der Waals surface area (Å²) in [5.74, 6) is -1.51. The van der Waals surface area contributed by atoms with E-state index >= 15 is 0 Å². The SMILES string of the molecule is C[C@@H]1CCCCO[C@@H](CN(C)Cc2ccc(C(=O)O)cc2)[C@H](C)CN([C@H](C)CO)C(=O)c2cc(NC(=O)Nc3ccc(F)cc3)ccc2O1. The molecule has 4 N–H and O–H groups in total. The zero-order chi connectivity index (χ0) is 35.5. The molecule has 0 spiro atoms. The van der Waals surface area contributed by atoms with Crippen molar-refractivity contribution in [2.75, 3.05) is 44.0 Å². The number of carbonyl (C=O) groups excluding carboxylic acids is 2. The summed E-state index contributed by atoms with van der Waals surface area (Å²) in [4.78, 5) is 42.1. The van der Waals surface area contributed by atoms with Crippen molar-refractivity contribution in [1.29, 1.82) is 0 Å². The van der Waals surface area contributed by atoms with Crippen molar-refractivity contribution >= 4 is 29.3 Å². The first kappa shape index (κ1) is 37.3. The van der Waals surface area contributed by atoms with Gasteiger partial charge in [0.25, 0.3) is 5.91 Å². The third-order valence-electron chi connectivity index (χ3n) is 8.56. The van der Waals surface area contributed by atoms with Gasteiger partial charge in [0.1, 0.15) is 11.6 Å². The molecule has 12 heteroatoms. The van der Waals surface area contributed by atoms with E-state index in [4.69, 9.17) is 9.47 Å². The second-order valence-electron chi connectivity index (χ2n) is 12.8. The lowest BCUT2D eigenvalue weighted by atomic mass is 10.0. The topological polar surface area (TPSA) is 141 Å². The fourth-order valence-corrected chi connectivity index (χ4v) is 5.73. The van der Waals surface area contributed by atoms with Crippen molar-refractivity contribution in [3.05, 3.63) is 89.2 Å². The molecule has 0 aliphatic carbocycles. The fourth-order valence-electron chi connectivity index (χ4n) is 5.73. The lowest BCUT2D eigenvalue weighted by Gasteiger charge is -2.36. The number of amides is 3. The van der Waals surface area contributed by atoms with Crippen molar-refractivity contribution in [2.45, 2.75) is 64.8 Å². The summed E-state index contributed by atoms with van der Waals surface area (Å²) in [7, 11) is 1.97. The molecule has 0 bridgehead atoms.